The molecule has 1 amide bonds. The van der Waals surface area contributed by atoms with Gasteiger partial charge in [0.1, 0.15) is 11.9 Å². The van der Waals surface area contributed by atoms with E-state index in [9.17, 15) is 18.0 Å². The first kappa shape index (κ1) is 28.8. The second-order valence-electron chi connectivity index (χ2n) is 10.9. The van der Waals surface area contributed by atoms with Crippen molar-refractivity contribution in [1.82, 2.24) is 14.3 Å². The van der Waals surface area contributed by atoms with Gasteiger partial charge in [-0.3, -0.25) is 4.79 Å². The molecule has 214 valence electrons. The van der Waals surface area contributed by atoms with Gasteiger partial charge >= 0.3 is 6.09 Å². The van der Waals surface area contributed by atoms with Gasteiger partial charge in [-0.15, -0.1) is 0 Å². The van der Waals surface area contributed by atoms with Gasteiger partial charge in [-0.05, 0) is 79.8 Å². The van der Waals surface area contributed by atoms with Gasteiger partial charge in [0.2, 0.25) is 0 Å². The van der Waals surface area contributed by atoms with Crippen molar-refractivity contribution in [3.8, 4) is 22.4 Å². The number of hydrogen-bond donors (Lipinski definition) is 1. The van der Waals surface area contributed by atoms with Gasteiger partial charge in [-0.25, -0.2) is 22.2 Å². The second-order valence-corrected chi connectivity index (χ2v) is 12.7. The van der Waals surface area contributed by atoms with Crippen molar-refractivity contribution in [2.75, 3.05) is 0 Å². The second kappa shape index (κ2) is 11.3. The molecule has 0 aliphatic heterocycles. The summed E-state index contributed by atoms with van der Waals surface area (Å²) in [5, 5.41) is 3.45. The van der Waals surface area contributed by atoms with E-state index in [0.29, 0.717) is 34.4 Å². The van der Waals surface area contributed by atoms with Gasteiger partial charge < -0.3 is 10.1 Å². The van der Waals surface area contributed by atoms with Gasteiger partial charge in [0, 0.05) is 23.7 Å². The molecule has 0 saturated heterocycles. The first-order valence-electron chi connectivity index (χ1n) is 13.4. The molecule has 3 aromatic carbocycles. The third-order valence-corrected chi connectivity index (χ3v) is 8.48. The lowest BCUT2D eigenvalue weighted by atomic mass is 9.98. The first-order chi connectivity index (χ1) is 20.0. The summed E-state index contributed by atoms with van der Waals surface area (Å²) in [5.74, 6) is 0. The average Bonchev–Trinajstić information content (AvgIpc) is 3.37. The lowest BCUT2D eigenvalue weighted by Crippen LogP contribution is -2.32. The molecular weight excluding hydrogens is 550 g/mol. The van der Waals surface area contributed by atoms with Gasteiger partial charge in [0.15, 0.2) is 5.65 Å². The Kier molecular flexibility index (Phi) is 7.71. The molecule has 8 nitrogen and oxygen atoms in total. The Morgan fingerprint density at radius 2 is 1.64 bits per heavy atom. The van der Waals surface area contributed by atoms with Crippen molar-refractivity contribution < 1.29 is 22.7 Å². The number of ether oxygens (including phenoxy) is 1. The zero-order valence-electron chi connectivity index (χ0n) is 23.8. The summed E-state index contributed by atoms with van der Waals surface area (Å²) in [4.78, 5) is 28.1. The normalized spacial score (nSPS) is 11.8. The fraction of sp³-hybridized carbons (Fsp3) is 0.182. The molecule has 42 heavy (non-hydrogen) atoms. The Bertz CT molecular complexity index is 1890. The number of pyridine rings is 1. The van der Waals surface area contributed by atoms with Crippen molar-refractivity contribution in [2.45, 2.75) is 44.7 Å². The molecule has 0 aliphatic carbocycles. The number of aldehydes is 1. The third-order valence-electron chi connectivity index (χ3n) is 6.76. The van der Waals surface area contributed by atoms with Crippen LogP contribution < -0.4 is 5.32 Å². The number of fused-ring (bicyclic) bond motifs is 1. The van der Waals surface area contributed by atoms with Crippen LogP contribution in [0.15, 0.2) is 96.0 Å². The maximum atomic E-state index is 14.0. The number of rotatable bonds is 7. The third kappa shape index (κ3) is 5.82. The van der Waals surface area contributed by atoms with E-state index < -0.39 is 21.7 Å². The topological polar surface area (TPSA) is 107 Å². The van der Waals surface area contributed by atoms with E-state index in [-0.39, 0.29) is 4.90 Å². The molecule has 0 aliphatic rings. The zero-order chi connectivity index (χ0) is 30.1. The number of amides is 1. The minimum atomic E-state index is -4.03. The molecule has 1 N–H and O–H groups in total. The van der Waals surface area contributed by atoms with Crippen LogP contribution in [0.1, 0.15) is 42.3 Å². The van der Waals surface area contributed by atoms with Crippen molar-refractivity contribution in [3.63, 3.8) is 0 Å². The van der Waals surface area contributed by atoms with E-state index in [2.05, 4.69) is 10.3 Å². The highest BCUT2D eigenvalue weighted by Gasteiger charge is 2.26. The lowest BCUT2D eigenvalue weighted by molar-refractivity contribution is 0.0523. The van der Waals surface area contributed by atoms with Crippen LogP contribution in [0.3, 0.4) is 0 Å². The standard InChI is InChI=1S/C33H31N3O5S/c1-22-18-25(14-15-26(22)20-35-32(38)41-33(2,3)4)28-16-17-34-31-29(28)19-30(24-12-10-23(21-37)11-13-24)36(31)42(39,40)27-8-6-5-7-9-27/h5-19,21H,20H2,1-4H3,(H,35,38). The number of nitrogens with zero attached hydrogens (tertiary/aromatic N) is 2. The van der Waals surface area contributed by atoms with Crippen LogP contribution in [0.25, 0.3) is 33.4 Å². The van der Waals surface area contributed by atoms with Crippen LogP contribution in [-0.2, 0) is 21.3 Å². The maximum Gasteiger partial charge on any atom is 0.407 e. The molecule has 9 heteroatoms. The van der Waals surface area contributed by atoms with E-state index in [1.54, 1.807) is 60.8 Å². The largest absolute Gasteiger partial charge is 0.444 e. The monoisotopic (exact) mass is 581 g/mol. The van der Waals surface area contributed by atoms with Gasteiger partial charge in [-0.1, -0.05) is 60.7 Å². The van der Waals surface area contributed by atoms with E-state index >= 15 is 0 Å². The van der Waals surface area contributed by atoms with Crippen LogP contribution in [0.5, 0.6) is 0 Å². The van der Waals surface area contributed by atoms with E-state index in [4.69, 9.17) is 4.74 Å². The van der Waals surface area contributed by atoms with Gasteiger partial charge in [-0.2, -0.15) is 0 Å². The summed E-state index contributed by atoms with van der Waals surface area (Å²) in [6.45, 7) is 7.70. The minimum absolute atomic E-state index is 0.137. The highest BCUT2D eigenvalue weighted by molar-refractivity contribution is 7.90. The van der Waals surface area contributed by atoms with Crippen LogP contribution in [0, 0.1) is 6.92 Å². The molecule has 0 saturated carbocycles. The Labute approximate surface area is 245 Å². The first-order valence-corrected chi connectivity index (χ1v) is 14.9. The van der Waals surface area contributed by atoms with Gasteiger partial charge in [0.25, 0.3) is 10.0 Å². The smallest absolute Gasteiger partial charge is 0.407 e. The van der Waals surface area contributed by atoms with Crippen molar-refractivity contribution in [1.29, 1.82) is 0 Å². The number of aromatic nitrogens is 2. The van der Waals surface area contributed by atoms with Crippen LogP contribution in [-0.4, -0.2) is 35.4 Å². The summed E-state index contributed by atoms with van der Waals surface area (Å²) < 4.78 is 34.6. The van der Waals surface area contributed by atoms with Crippen LogP contribution in [0.4, 0.5) is 4.79 Å². The highest BCUT2D eigenvalue weighted by atomic mass is 32.2. The molecule has 0 spiro atoms. The number of aryl methyl sites for hydroxylation is 1. The summed E-state index contributed by atoms with van der Waals surface area (Å²) in [5.41, 5.74) is 4.81. The van der Waals surface area contributed by atoms with Crippen LogP contribution >= 0.6 is 0 Å². The number of nitrogens with one attached hydrogen (secondary N) is 1. The van der Waals surface area contributed by atoms with Gasteiger partial charge in [0.05, 0.1) is 10.6 Å². The Morgan fingerprint density at radius 1 is 0.952 bits per heavy atom. The molecular formula is C33H31N3O5S. The molecule has 5 aromatic rings. The predicted molar refractivity (Wildman–Crippen MR) is 163 cm³/mol. The summed E-state index contributed by atoms with van der Waals surface area (Å²) in [6.07, 6.45) is 1.85. The number of hydrogen-bond acceptors (Lipinski definition) is 6. The number of carbonyl (C=O) groups excluding carboxylic acids is 2. The predicted octanol–water partition coefficient (Wildman–Crippen LogP) is 6.75. The van der Waals surface area contributed by atoms with Crippen molar-refractivity contribution in [2.24, 2.45) is 0 Å². The molecule has 0 fully saturated rings. The maximum absolute atomic E-state index is 14.0. The summed E-state index contributed by atoms with van der Waals surface area (Å²) in [6, 6.07) is 24.5. The Hall–Kier alpha value is -4.76. The number of benzene rings is 3. The fourth-order valence-corrected chi connectivity index (χ4v) is 6.25. The lowest BCUT2D eigenvalue weighted by Gasteiger charge is -2.20. The average molecular weight is 582 g/mol. The molecule has 0 radical (unpaired) electrons. The van der Waals surface area contributed by atoms with Crippen molar-refractivity contribution >= 4 is 33.4 Å². The SMILES string of the molecule is Cc1cc(-c2ccnc3c2cc(-c2ccc(C=O)cc2)n3S(=O)(=O)c2ccccc2)ccc1CNC(=O)OC(C)(C)C. The number of alkyl carbamates (subject to hydrolysis) is 1. The number of carbonyl (C=O) groups is 2. The molecule has 5 rings (SSSR count). The highest BCUT2D eigenvalue weighted by Crippen LogP contribution is 2.37. The molecule has 2 heterocycles. The van der Waals surface area contributed by atoms with Crippen LogP contribution in [0.2, 0.25) is 0 Å². The molecule has 0 bridgehead atoms. The summed E-state index contributed by atoms with van der Waals surface area (Å²) in [7, 11) is -4.03. The quantitative estimate of drug-likeness (QED) is 0.213. The van der Waals surface area contributed by atoms with E-state index in [1.807, 2.05) is 58.0 Å². The Balaban J connectivity index is 1.61. The molecule has 2 aromatic heterocycles. The molecule has 0 unspecified atom stereocenters. The van der Waals surface area contributed by atoms with E-state index in [0.717, 1.165) is 28.5 Å². The Morgan fingerprint density at radius 3 is 2.29 bits per heavy atom. The van der Waals surface area contributed by atoms with Crippen molar-refractivity contribution in [3.05, 3.63) is 108 Å². The summed E-state index contributed by atoms with van der Waals surface area (Å²) >= 11 is 0. The van der Waals surface area contributed by atoms with E-state index in [1.165, 1.54) is 3.97 Å². The minimum Gasteiger partial charge on any atom is -0.444 e. The molecule has 0 atom stereocenters. The zero-order valence-corrected chi connectivity index (χ0v) is 24.6. The fourth-order valence-electron chi connectivity index (χ4n) is 4.75.